The lowest BCUT2D eigenvalue weighted by atomic mass is 10.2. The van der Waals surface area contributed by atoms with Crippen molar-refractivity contribution in [3.8, 4) is 0 Å². The Hall–Kier alpha value is -1.92. The largest absolute Gasteiger partial charge is 0.406 e. The average molecular weight is 262 g/mol. The van der Waals surface area contributed by atoms with E-state index in [0.29, 0.717) is 18.5 Å². The van der Waals surface area contributed by atoms with Crippen molar-refractivity contribution in [1.82, 2.24) is 15.5 Å². The maximum Gasteiger partial charge on any atom is 0.320 e. The van der Waals surface area contributed by atoms with Gasteiger partial charge >= 0.3 is 6.01 Å². The second kappa shape index (κ2) is 6.86. The van der Waals surface area contributed by atoms with Crippen molar-refractivity contribution in [3.63, 3.8) is 0 Å². The van der Waals surface area contributed by atoms with E-state index in [1.807, 2.05) is 24.3 Å². The predicted octanol–water partition coefficient (Wildman–Crippen LogP) is 1.81. The SMILES string of the molecule is CCCNCc1nnc(Nc2ccc(CO)cc2)o1. The number of benzene rings is 1. The number of hydrogen-bond acceptors (Lipinski definition) is 6. The molecule has 0 atom stereocenters. The van der Waals surface area contributed by atoms with Crippen molar-refractivity contribution in [1.29, 1.82) is 0 Å². The Balaban J connectivity index is 1.91. The first-order valence-electron chi connectivity index (χ1n) is 6.31. The maximum absolute atomic E-state index is 8.96. The summed E-state index contributed by atoms with van der Waals surface area (Å²) in [5.41, 5.74) is 1.70. The fraction of sp³-hybridized carbons (Fsp3) is 0.385. The first-order chi connectivity index (χ1) is 9.31. The Morgan fingerprint density at radius 2 is 2.00 bits per heavy atom. The summed E-state index contributed by atoms with van der Waals surface area (Å²) < 4.78 is 5.45. The molecule has 1 heterocycles. The molecule has 19 heavy (non-hydrogen) atoms. The number of nitrogens with zero attached hydrogens (tertiary/aromatic N) is 2. The molecule has 0 fully saturated rings. The van der Waals surface area contributed by atoms with Crippen LogP contribution in [0.5, 0.6) is 0 Å². The first kappa shape index (κ1) is 13.5. The molecule has 6 nitrogen and oxygen atoms in total. The molecule has 6 heteroatoms. The molecular weight excluding hydrogens is 244 g/mol. The Bertz CT molecular complexity index is 496. The van der Waals surface area contributed by atoms with Gasteiger partial charge in [0.1, 0.15) is 0 Å². The van der Waals surface area contributed by atoms with E-state index < -0.39 is 0 Å². The molecule has 102 valence electrons. The second-order valence-corrected chi connectivity index (χ2v) is 4.16. The Morgan fingerprint density at radius 3 is 2.68 bits per heavy atom. The minimum atomic E-state index is 0.0358. The van der Waals surface area contributed by atoms with Gasteiger partial charge in [0.15, 0.2) is 0 Å². The van der Waals surface area contributed by atoms with Gasteiger partial charge in [-0.2, -0.15) is 0 Å². The van der Waals surface area contributed by atoms with Crippen LogP contribution >= 0.6 is 0 Å². The van der Waals surface area contributed by atoms with E-state index >= 15 is 0 Å². The molecule has 0 spiro atoms. The standard InChI is InChI=1S/C13H18N4O2/c1-2-7-14-8-12-16-17-13(19-12)15-11-5-3-10(9-18)4-6-11/h3-6,14,18H,2,7-9H2,1H3,(H,15,17). The van der Waals surface area contributed by atoms with E-state index in [1.54, 1.807) is 0 Å². The van der Waals surface area contributed by atoms with Crippen LogP contribution in [0.15, 0.2) is 28.7 Å². The van der Waals surface area contributed by atoms with Gasteiger partial charge < -0.3 is 20.2 Å². The van der Waals surface area contributed by atoms with Crippen molar-refractivity contribution in [2.24, 2.45) is 0 Å². The van der Waals surface area contributed by atoms with Gasteiger partial charge in [0.05, 0.1) is 13.2 Å². The van der Waals surface area contributed by atoms with Crippen LogP contribution < -0.4 is 10.6 Å². The molecule has 0 aliphatic carbocycles. The minimum Gasteiger partial charge on any atom is -0.406 e. The maximum atomic E-state index is 8.96. The van der Waals surface area contributed by atoms with Gasteiger partial charge in [-0.1, -0.05) is 24.2 Å². The highest BCUT2D eigenvalue weighted by Gasteiger charge is 2.05. The van der Waals surface area contributed by atoms with Gasteiger partial charge in [0.2, 0.25) is 5.89 Å². The molecule has 0 bridgehead atoms. The fourth-order valence-electron chi connectivity index (χ4n) is 1.56. The van der Waals surface area contributed by atoms with Gasteiger partial charge in [-0.3, -0.25) is 0 Å². The van der Waals surface area contributed by atoms with Crippen LogP contribution in [-0.4, -0.2) is 21.8 Å². The van der Waals surface area contributed by atoms with E-state index in [2.05, 4.69) is 27.8 Å². The zero-order valence-electron chi connectivity index (χ0n) is 10.9. The van der Waals surface area contributed by atoms with Gasteiger partial charge in [0, 0.05) is 5.69 Å². The summed E-state index contributed by atoms with van der Waals surface area (Å²) in [5, 5.41) is 23.0. The molecule has 3 N–H and O–H groups in total. The fourth-order valence-corrected chi connectivity index (χ4v) is 1.56. The van der Waals surface area contributed by atoms with Gasteiger partial charge in [0.25, 0.3) is 0 Å². The normalized spacial score (nSPS) is 10.6. The van der Waals surface area contributed by atoms with Crippen molar-refractivity contribution < 1.29 is 9.52 Å². The van der Waals surface area contributed by atoms with E-state index in [1.165, 1.54) is 0 Å². The van der Waals surface area contributed by atoms with Crippen LogP contribution in [0.3, 0.4) is 0 Å². The minimum absolute atomic E-state index is 0.0358. The highest BCUT2D eigenvalue weighted by molar-refractivity contribution is 5.52. The Labute approximate surface area is 111 Å². The highest BCUT2D eigenvalue weighted by Crippen LogP contribution is 2.15. The topological polar surface area (TPSA) is 83.2 Å². The van der Waals surface area contributed by atoms with Crippen LogP contribution in [0.25, 0.3) is 0 Å². The molecular formula is C13H18N4O2. The first-order valence-corrected chi connectivity index (χ1v) is 6.31. The van der Waals surface area contributed by atoms with Crippen molar-refractivity contribution in [2.75, 3.05) is 11.9 Å². The van der Waals surface area contributed by atoms with Crippen molar-refractivity contribution >= 4 is 11.7 Å². The van der Waals surface area contributed by atoms with E-state index in [4.69, 9.17) is 9.52 Å². The summed E-state index contributed by atoms with van der Waals surface area (Å²) >= 11 is 0. The zero-order chi connectivity index (χ0) is 13.5. The molecule has 1 aromatic heterocycles. The second-order valence-electron chi connectivity index (χ2n) is 4.16. The monoisotopic (exact) mass is 262 g/mol. The molecule has 0 radical (unpaired) electrons. The Kier molecular flexibility index (Phi) is 4.88. The van der Waals surface area contributed by atoms with Crippen molar-refractivity contribution in [2.45, 2.75) is 26.5 Å². The number of rotatable bonds is 7. The number of aliphatic hydroxyl groups excluding tert-OH is 1. The molecule has 2 aromatic rings. The molecule has 0 saturated heterocycles. The molecule has 0 aliphatic rings. The highest BCUT2D eigenvalue weighted by atomic mass is 16.4. The molecule has 0 aliphatic heterocycles. The smallest absolute Gasteiger partial charge is 0.320 e. The molecule has 0 saturated carbocycles. The van der Waals surface area contributed by atoms with Crippen LogP contribution in [-0.2, 0) is 13.2 Å². The lowest BCUT2D eigenvalue weighted by Gasteiger charge is -2.02. The van der Waals surface area contributed by atoms with Crippen LogP contribution in [0.4, 0.5) is 11.7 Å². The number of anilines is 2. The third-order valence-electron chi connectivity index (χ3n) is 2.56. The molecule has 2 rings (SSSR count). The summed E-state index contributed by atoms with van der Waals surface area (Å²) in [5.74, 6) is 0.558. The summed E-state index contributed by atoms with van der Waals surface area (Å²) in [6.07, 6.45) is 1.07. The van der Waals surface area contributed by atoms with E-state index in [9.17, 15) is 0 Å². The summed E-state index contributed by atoms with van der Waals surface area (Å²) in [7, 11) is 0. The van der Waals surface area contributed by atoms with Gasteiger partial charge in [-0.15, -0.1) is 5.10 Å². The predicted molar refractivity (Wildman–Crippen MR) is 71.9 cm³/mol. The molecule has 0 unspecified atom stereocenters. The summed E-state index contributed by atoms with van der Waals surface area (Å²) in [6.45, 7) is 3.64. The van der Waals surface area contributed by atoms with E-state index in [-0.39, 0.29) is 6.61 Å². The van der Waals surface area contributed by atoms with Crippen LogP contribution in [0.2, 0.25) is 0 Å². The third-order valence-corrected chi connectivity index (χ3v) is 2.56. The summed E-state index contributed by atoms with van der Waals surface area (Å²) in [6, 6.07) is 7.74. The lowest BCUT2D eigenvalue weighted by Crippen LogP contribution is -2.13. The molecule has 0 amide bonds. The van der Waals surface area contributed by atoms with Crippen molar-refractivity contribution in [3.05, 3.63) is 35.7 Å². The number of nitrogens with one attached hydrogen (secondary N) is 2. The van der Waals surface area contributed by atoms with Gasteiger partial charge in [-0.25, -0.2) is 0 Å². The number of hydrogen-bond donors (Lipinski definition) is 3. The third kappa shape index (κ3) is 4.04. The quantitative estimate of drug-likeness (QED) is 0.660. The molecule has 1 aromatic carbocycles. The Morgan fingerprint density at radius 1 is 1.21 bits per heavy atom. The van der Waals surface area contributed by atoms with E-state index in [0.717, 1.165) is 24.2 Å². The summed E-state index contributed by atoms with van der Waals surface area (Å²) in [4.78, 5) is 0. The number of aromatic nitrogens is 2. The average Bonchev–Trinajstić information content (AvgIpc) is 2.88. The lowest BCUT2D eigenvalue weighted by molar-refractivity contribution is 0.282. The van der Waals surface area contributed by atoms with Gasteiger partial charge in [-0.05, 0) is 30.7 Å². The zero-order valence-corrected chi connectivity index (χ0v) is 10.9. The number of aliphatic hydroxyl groups is 1. The van der Waals surface area contributed by atoms with Crippen LogP contribution in [0.1, 0.15) is 24.8 Å². The van der Waals surface area contributed by atoms with Crippen LogP contribution in [0, 0.1) is 0 Å².